The molecule has 1 aliphatic heterocycles. The third kappa shape index (κ3) is 2.39. The molecular weight excluding hydrogens is 244 g/mol. The van der Waals surface area contributed by atoms with Crippen LogP contribution in [0.3, 0.4) is 0 Å². The molecule has 104 valence electrons. The fourth-order valence-electron chi connectivity index (χ4n) is 3.20. The number of rotatable bonds is 3. The van der Waals surface area contributed by atoms with Crippen LogP contribution in [0.1, 0.15) is 42.9 Å². The largest absolute Gasteiger partial charge is 0.479 e. The number of nitrogens with zero attached hydrogens (tertiary/aromatic N) is 2. The molecule has 0 bridgehead atoms. The van der Waals surface area contributed by atoms with Gasteiger partial charge in [-0.3, -0.25) is 0 Å². The van der Waals surface area contributed by atoms with E-state index in [4.69, 9.17) is 9.84 Å². The number of aryl methyl sites for hydroxylation is 2. The van der Waals surface area contributed by atoms with Gasteiger partial charge in [0.25, 0.3) is 0 Å². The average Bonchev–Trinajstić information content (AvgIpc) is 2.96. The Hall–Kier alpha value is -1.36. The van der Waals surface area contributed by atoms with Gasteiger partial charge >= 0.3 is 5.97 Å². The van der Waals surface area contributed by atoms with E-state index in [-0.39, 0.29) is 6.10 Å². The normalized spacial score (nSPS) is 26.4. The first-order valence-corrected chi connectivity index (χ1v) is 7.08. The van der Waals surface area contributed by atoms with Crippen LogP contribution in [0.25, 0.3) is 0 Å². The van der Waals surface area contributed by atoms with Crippen molar-refractivity contribution in [2.75, 3.05) is 0 Å². The number of hydrogen-bond donors (Lipinski definition) is 1. The third-order valence-corrected chi connectivity index (χ3v) is 4.19. The summed E-state index contributed by atoms with van der Waals surface area (Å²) in [4.78, 5) is 15.5. The highest BCUT2D eigenvalue weighted by Gasteiger charge is 2.31. The van der Waals surface area contributed by atoms with Gasteiger partial charge in [0.1, 0.15) is 5.82 Å². The van der Waals surface area contributed by atoms with Crippen LogP contribution in [0, 0.1) is 6.92 Å². The van der Waals surface area contributed by atoms with Gasteiger partial charge in [-0.1, -0.05) is 0 Å². The summed E-state index contributed by atoms with van der Waals surface area (Å²) in [6.07, 6.45) is 5.45. The van der Waals surface area contributed by atoms with Crippen molar-refractivity contribution in [1.29, 1.82) is 0 Å². The first kappa shape index (κ1) is 12.7. The maximum Gasteiger partial charge on any atom is 0.332 e. The zero-order valence-corrected chi connectivity index (χ0v) is 11.3. The quantitative estimate of drug-likeness (QED) is 0.902. The van der Waals surface area contributed by atoms with Crippen LogP contribution in [0.15, 0.2) is 0 Å². The predicted molar refractivity (Wildman–Crippen MR) is 69.1 cm³/mol. The van der Waals surface area contributed by atoms with Crippen molar-refractivity contribution < 1.29 is 14.6 Å². The Morgan fingerprint density at radius 1 is 1.42 bits per heavy atom. The predicted octanol–water partition coefficient (Wildman–Crippen LogP) is 1.70. The van der Waals surface area contributed by atoms with E-state index in [1.165, 1.54) is 24.2 Å². The van der Waals surface area contributed by atoms with Crippen molar-refractivity contribution in [2.45, 2.75) is 64.2 Å². The molecule has 5 nitrogen and oxygen atoms in total. The summed E-state index contributed by atoms with van der Waals surface area (Å²) < 4.78 is 7.83. The van der Waals surface area contributed by atoms with E-state index in [0.29, 0.717) is 6.42 Å². The molecule has 1 aliphatic carbocycles. The first-order valence-electron chi connectivity index (χ1n) is 7.08. The lowest BCUT2D eigenvalue weighted by molar-refractivity contribution is -0.149. The second-order valence-electron chi connectivity index (χ2n) is 5.53. The molecule has 1 saturated heterocycles. The third-order valence-electron chi connectivity index (χ3n) is 4.19. The highest BCUT2D eigenvalue weighted by molar-refractivity contribution is 5.72. The first-order chi connectivity index (χ1) is 9.15. The fourth-order valence-corrected chi connectivity index (χ4v) is 3.20. The average molecular weight is 264 g/mol. The van der Waals surface area contributed by atoms with Crippen molar-refractivity contribution in [3.63, 3.8) is 0 Å². The van der Waals surface area contributed by atoms with E-state index in [9.17, 15) is 4.79 Å². The molecule has 2 unspecified atom stereocenters. The number of carbonyl (C=O) groups is 1. The highest BCUT2D eigenvalue weighted by atomic mass is 16.5. The van der Waals surface area contributed by atoms with Crippen molar-refractivity contribution in [2.24, 2.45) is 0 Å². The molecule has 1 aromatic heterocycles. The van der Waals surface area contributed by atoms with Gasteiger partial charge in [0, 0.05) is 5.69 Å². The smallest absolute Gasteiger partial charge is 0.332 e. The van der Waals surface area contributed by atoms with Gasteiger partial charge < -0.3 is 14.4 Å². The van der Waals surface area contributed by atoms with Gasteiger partial charge in [-0.15, -0.1) is 0 Å². The maximum atomic E-state index is 10.9. The van der Waals surface area contributed by atoms with E-state index in [2.05, 4.69) is 9.55 Å². The van der Waals surface area contributed by atoms with Crippen molar-refractivity contribution in [3.8, 4) is 0 Å². The molecule has 3 rings (SSSR count). The Kier molecular flexibility index (Phi) is 3.31. The van der Waals surface area contributed by atoms with Crippen LogP contribution >= 0.6 is 0 Å². The fraction of sp³-hybridized carbons (Fsp3) is 0.714. The Morgan fingerprint density at radius 2 is 2.21 bits per heavy atom. The molecule has 0 amide bonds. The second-order valence-corrected chi connectivity index (χ2v) is 5.53. The lowest BCUT2D eigenvalue weighted by Crippen LogP contribution is -2.24. The van der Waals surface area contributed by atoms with Crippen molar-refractivity contribution in [1.82, 2.24) is 9.55 Å². The molecule has 19 heavy (non-hydrogen) atoms. The molecule has 2 atom stereocenters. The number of carboxylic acid groups (broad SMARTS) is 1. The highest BCUT2D eigenvalue weighted by Crippen LogP contribution is 2.26. The van der Waals surface area contributed by atoms with E-state index < -0.39 is 12.1 Å². The Balaban J connectivity index is 1.74. The van der Waals surface area contributed by atoms with Crippen molar-refractivity contribution >= 4 is 5.97 Å². The number of aromatic nitrogens is 2. The van der Waals surface area contributed by atoms with E-state index in [1.54, 1.807) is 0 Å². The monoisotopic (exact) mass is 264 g/mol. The van der Waals surface area contributed by atoms with Crippen LogP contribution < -0.4 is 0 Å². The Bertz CT molecular complexity index is 495. The zero-order valence-electron chi connectivity index (χ0n) is 11.3. The van der Waals surface area contributed by atoms with Crippen LogP contribution in [-0.4, -0.2) is 32.8 Å². The molecule has 2 heterocycles. The Morgan fingerprint density at radius 3 is 2.95 bits per heavy atom. The summed E-state index contributed by atoms with van der Waals surface area (Å²) in [5, 5.41) is 8.96. The molecule has 5 heteroatoms. The molecule has 2 aliphatic rings. The van der Waals surface area contributed by atoms with Crippen LogP contribution in [0.4, 0.5) is 0 Å². The molecule has 0 spiro atoms. The van der Waals surface area contributed by atoms with E-state index in [0.717, 1.165) is 31.6 Å². The number of imidazole rings is 1. The number of aliphatic carboxylic acids is 1. The number of hydrogen-bond acceptors (Lipinski definition) is 3. The summed E-state index contributed by atoms with van der Waals surface area (Å²) in [7, 11) is 0. The Labute approximate surface area is 112 Å². The maximum absolute atomic E-state index is 10.9. The zero-order chi connectivity index (χ0) is 13.4. The molecule has 0 saturated carbocycles. The van der Waals surface area contributed by atoms with Gasteiger partial charge in [0.2, 0.25) is 0 Å². The SMILES string of the molecule is Cc1nc2c(n1CC1CCC(C(=O)O)O1)CCCC2. The van der Waals surface area contributed by atoms with Gasteiger partial charge in [0.05, 0.1) is 18.3 Å². The minimum Gasteiger partial charge on any atom is -0.479 e. The summed E-state index contributed by atoms with van der Waals surface area (Å²) in [5.41, 5.74) is 2.57. The summed E-state index contributed by atoms with van der Waals surface area (Å²) in [5.74, 6) is 0.196. The summed E-state index contributed by atoms with van der Waals surface area (Å²) in [6, 6.07) is 0. The standard InChI is InChI=1S/C14H20N2O3/c1-9-15-11-4-2-3-5-12(11)16(9)8-10-6-7-13(19-10)14(17)18/h10,13H,2-8H2,1H3,(H,17,18). The molecule has 1 aromatic rings. The lowest BCUT2D eigenvalue weighted by Gasteiger charge is -2.18. The number of ether oxygens (including phenoxy) is 1. The minimum atomic E-state index is -0.841. The van der Waals surface area contributed by atoms with Gasteiger partial charge in [-0.05, 0) is 45.4 Å². The van der Waals surface area contributed by atoms with Gasteiger partial charge in [0.15, 0.2) is 6.10 Å². The van der Waals surface area contributed by atoms with E-state index in [1.807, 2.05) is 6.92 Å². The number of carboxylic acids is 1. The molecule has 1 fully saturated rings. The summed E-state index contributed by atoms with van der Waals surface area (Å²) in [6.45, 7) is 2.78. The van der Waals surface area contributed by atoms with Gasteiger partial charge in [-0.2, -0.15) is 0 Å². The molecular formula is C14H20N2O3. The lowest BCUT2D eigenvalue weighted by atomic mass is 10.0. The minimum absolute atomic E-state index is 0.0139. The van der Waals surface area contributed by atoms with Gasteiger partial charge in [-0.25, -0.2) is 9.78 Å². The van der Waals surface area contributed by atoms with Crippen molar-refractivity contribution in [3.05, 3.63) is 17.2 Å². The summed E-state index contributed by atoms with van der Waals surface area (Å²) >= 11 is 0. The number of fused-ring (bicyclic) bond motifs is 1. The van der Waals surface area contributed by atoms with Crippen LogP contribution in [-0.2, 0) is 28.9 Å². The van der Waals surface area contributed by atoms with Crippen LogP contribution in [0.5, 0.6) is 0 Å². The van der Waals surface area contributed by atoms with E-state index >= 15 is 0 Å². The second kappa shape index (κ2) is 4.96. The molecule has 1 N–H and O–H groups in total. The topological polar surface area (TPSA) is 64.4 Å². The molecule has 0 aromatic carbocycles. The molecule has 0 radical (unpaired) electrons. The van der Waals surface area contributed by atoms with Crippen LogP contribution in [0.2, 0.25) is 0 Å².